The van der Waals surface area contributed by atoms with Crippen LogP contribution in [-0.2, 0) is 0 Å². The lowest BCUT2D eigenvalue weighted by Gasteiger charge is -2.12. The summed E-state index contributed by atoms with van der Waals surface area (Å²) in [6, 6.07) is 4.93. The maximum Gasteiger partial charge on any atom is 0.180 e. The van der Waals surface area contributed by atoms with Gasteiger partial charge in [-0.15, -0.1) is 0 Å². The summed E-state index contributed by atoms with van der Waals surface area (Å²) in [7, 11) is 0. The van der Waals surface area contributed by atoms with Gasteiger partial charge in [-0.2, -0.15) is 0 Å². The standard InChI is InChI=1S/C15H16FN5/c1-3-17-13-9-21-8-7-18-15(21)14(20-13)19-12-6-4-5-11(16)10(12)2/h4-9,17H,3H2,1-2H3,(H,19,20). The van der Waals surface area contributed by atoms with Gasteiger partial charge in [-0.1, -0.05) is 6.07 Å². The van der Waals surface area contributed by atoms with Gasteiger partial charge >= 0.3 is 0 Å². The van der Waals surface area contributed by atoms with Crippen molar-refractivity contribution < 1.29 is 4.39 Å². The average Bonchev–Trinajstić information content (AvgIpc) is 2.93. The second kappa shape index (κ2) is 5.40. The molecule has 5 nitrogen and oxygen atoms in total. The molecule has 2 aromatic heterocycles. The summed E-state index contributed by atoms with van der Waals surface area (Å²) in [5, 5.41) is 6.33. The summed E-state index contributed by atoms with van der Waals surface area (Å²) in [6.07, 6.45) is 5.42. The molecule has 2 N–H and O–H groups in total. The maximum absolute atomic E-state index is 13.6. The SMILES string of the molecule is CCNc1cn2ccnc2c(Nc2cccc(F)c2C)n1. The molecule has 1 aromatic carbocycles. The Morgan fingerprint density at radius 1 is 1.33 bits per heavy atom. The summed E-state index contributed by atoms with van der Waals surface area (Å²) in [5.41, 5.74) is 1.93. The van der Waals surface area contributed by atoms with Gasteiger partial charge in [-0.25, -0.2) is 14.4 Å². The van der Waals surface area contributed by atoms with Crippen LogP contribution in [-0.4, -0.2) is 20.9 Å². The van der Waals surface area contributed by atoms with Crippen molar-refractivity contribution in [2.75, 3.05) is 17.2 Å². The van der Waals surface area contributed by atoms with Crippen LogP contribution < -0.4 is 10.6 Å². The van der Waals surface area contributed by atoms with Crippen molar-refractivity contribution in [3.05, 3.63) is 48.2 Å². The normalized spacial score (nSPS) is 10.8. The Morgan fingerprint density at radius 2 is 2.19 bits per heavy atom. The number of imidazole rings is 1. The van der Waals surface area contributed by atoms with E-state index in [1.165, 1.54) is 6.07 Å². The Hall–Kier alpha value is -2.63. The van der Waals surface area contributed by atoms with E-state index in [9.17, 15) is 4.39 Å². The minimum atomic E-state index is -0.248. The first-order valence-corrected chi connectivity index (χ1v) is 6.78. The van der Waals surface area contributed by atoms with E-state index in [0.717, 1.165) is 12.4 Å². The lowest BCUT2D eigenvalue weighted by Crippen LogP contribution is -2.05. The topological polar surface area (TPSA) is 54.2 Å². The van der Waals surface area contributed by atoms with Crippen LogP contribution in [0.2, 0.25) is 0 Å². The van der Waals surface area contributed by atoms with Crippen LogP contribution in [0.3, 0.4) is 0 Å². The first-order chi connectivity index (χ1) is 10.2. The number of rotatable bonds is 4. The first-order valence-electron chi connectivity index (χ1n) is 6.78. The van der Waals surface area contributed by atoms with Crippen molar-refractivity contribution in [1.82, 2.24) is 14.4 Å². The molecule has 0 radical (unpaired) electrons. The van der Waals surface area contributed by atoms with Crippen molar-refractivity contribution in [3.8, 4) is 0 Å². The molecule has 0 amide bonds. The van der Waals surface area contributed by atoms with Gasteiger partial charge in [0.15, 0.2) is 11.5 Å². The fourth-order valence-electron chi connectivity index (χ4n) is 2.15. The Labute approximate surface area is 121 Å². The number of nitrogens with one attached hydrogen (secondary N) is 2. The largest absolute Gasteiger partial charge is 0.369 e. The number of anilines is 3. The van der Waals surface area contributed by atoms with Gasteiger partial charge in [0.05, 0.1) is 6.20 Å². The smallest absolute Gasteiger partial charge is 0.180 e. The molecule has 0 unspecified atom stereocenters. The van der Waals surface area contributed by atoms with Crippen LogP contribution in [0.15, 0.2) is 36.8 Å². The number of fused-ring (bicyclic) bond motifs is 1. The molecule has 21 heavy (non-hydrogen) atoms. The summed E-state index contributed by atoms with van der Waals surface area (Å²) >= 11 is 0. The molecule has 0 aliphatic heterocycles. The number of benzene rings is 1. The zero-order chi connectivity index (χ0) is 14.8. The second-order valence-corrected chi connectivity index (χ2v) is 4.70. The fourth-order valence-corrected chi connectivity index (χ4v) is 2.15. The highest BCUT2D eigenvalue weighted by molar-refractivity contribution is 5.73. The van der Waals surface area contributed by atoms with Crippen LogP contribution in [0.5, 0.6) is 0 Å². The quantitative estimate of drug-likeness (QED) is 0.772. The molecule has 108 valence electrons. The van der Waals surface area contributed by atoms with E-state index >= 15 is 0 Å². The van der Waals surface area contributed by atoms with Crippen LogP contribution in [0.1, 0.15) is 12.5 Å². The zero-order valence-electron chi connectivity index (χ0n) is 11.9. The lowest BCUT2D eigenvalue weighted by molar-refractivity contribution is 0.619. The molecule has 3 aromatic rings. The Kier molecular flexibility index (Phi) is 3.43. The molecule has 0 bridgehead atoms. The van der Waals surface area contributed by atoms with E-state index in [2.05, 4.69) is 20.6 Å². The van der Waals surface area contributed by atoms with Gasteiger partial charge in [-0.05, 0) is 26.0 Å². The minimum Gasteiger partial charge on any atom is -0.369 e. The molecular weight excluding hydrogens is 269 g/mol. The zero-order valence-corrected chi connectivity index (χ0v) is 11.9. The number of nitrogens with zero attached hydrogens (tertiary/aromatic N) is 3. The molecular formula is C15H16FN5. The highest BCUT2D eigenvalue weighted by Crippen LogP contribution is 2.24. The van der Waals surface area contributed by atoms with Crippen molar-refractivity contribution >= 4 is 23.0 Å². The third-order valence-electron chi connectivity index (χ3n) is 3.25. The third-order valence-corrected chi connectivity index (χ3v) is 3.25. The van der Waals surface area contributed by atoms with Crippen molar-refractivity contribution in [2.24, 2.45) is 0 Å². The molecule has 0 atom stereocenters. The van der Waals surface area contributed by atoms with E-state index in [1.807, 2.05) is 29.8 Å². The Morgan fingerprint density at radius 3 is 3.00 bits per heavy atom. The fraction of sp³-hybridized carbons (Fsp3) is 0.200. The molecule has 6 heteroatoms. The van der Waals surface area contributed by atoms with Gasteiger partial charge in [0.1, 0.15) is 11.6 Å². The second-order valence-electron chi connectivity index (χ2n) is 4.70. The van der Waals surface area contributed by atoms with Crippen LogP contribution >= 0.6 is 0 Å². The summed E-state index contributed by atoms with van der Waals surface area (Å²) < 4.78 is 15.5. The minimum absolute atomic E-state index is 0.248. The van der Waals surface area contributed by atoms with Crippen LogP contribution in [0.4, 0.5) is 21.7 Å². The van der Waals surface area contributed by atoms with Gasteiger partial charge in [0, 0.05) is 30.2 Å². The predicted octanol–water partition coefficient (Wildman–Crippen LogP) is 3.35. The highest BCUT2D eigenvalue weighted by atomic mass is 19.1. The molecule has 0 spiro atoms. The van der Waals surface area contributed by atoms with Gasteiger partial charge in [0.25, 0.3) is 0 Å². The summed E-state index contributed by atoms with van der Waals surface area (Å²) in [6.45, 7) is 4.50. The van der Waals surface area contributed by atoms with Gasteiger partial charge in [0.2, 0.25) is 0 Å². The van der Waals surface area contributed by atoms with E-state index < -0.39 is 0 Å². The maximum atomic E-state index is 13.6. The van der Waals surface area contributed by atoms with Crippen molar-refractivity contribution in [1.29, 1.82) is 0 Å². The predicted molar refractivity (Wildman–Crippen MR) is 81.6 cm³/mol. The Bertz CT molecular complexity index is 781. The van der Waals surface area contributed by atoms with E-state index in [-0.39, 0.29) is 5.82 Å². The number of aromatic nitrogens is 3. The van der Waals surface area contributed by atoms with Gasteiger partial charge < -0.3 is 15.0 Å². The molecule has 0 fully saturated rings. The molecule has 2 heterocycles. The molecule has 0 aliphatic rings. The number of hydrogen-bond acceptors (Lipinski definition) is 4. The monoisotopic (exact) mass is 285 g/mol. The third kappa shape index (κ3) is 2.52. The molecule has 0 saturated heterocycles. The molecule has 0 aliphatic carbocycles. The van der Waals surface area contributed by atoms with E-state index in [0.29, 0.717) is 22.7 Å². The van der Waals surface area contributed by atoms with Crippen LogP contribution in [0.25, 0.3) is 5.65 Å². The van der Waals surface area contributed by atoms with Crippen molar-refractivity contribution in [2.45, 2.75) is 13.8 Å². The van der Waals surface area contributed by atoms with Crippen molar-refractivity contribution in [3.63, 3.8) is 0 Å². The average molecular weight is 285 g/mol. The Balaban J connectivity index is 2.06. The first kappa shape index (κ1) is 13.4. The number of hydrogen-bond donors (Lipinski definition) is 2. The van der Waals surface area contributed by atoms with E-state index in [4.69, 9.17) is 0 Å². The summed E-state index contributed by atoms with van der Waals surface area (Å²) in [4.78, 5) is 8.79. The van der Waals surface area contributed by atoms with Gasteiger partial charge in [-0.3, -0.25) is 0 Å². The highest BCUT2D eigenvalue weighted by Gasteiger charge is 2.10. The van der Waals surface area contributed by atoms with E-state index in [1.54, 1.807) is 19.2 Å². The summed E-state index contributed by atoms with van der Waals surface area (Å²) in [5.74, 6) is 1.08. The van der Waals surface area contributed by atoms with Crippen LogP contribution in [0, 0.1) is 12.7 Å². The molecule has 0 saturated carbocycles. The lowest BCUT2D eigenvalue weighted by atomic mass is 10.2. The molecule has 3 rings (SSSR count). The number of halogens is 1.